The number of halogens is 4. The number of aryl methyl sites for hydroxylation is 1. The highest BCUT2D eigenvalue weighted by atomic mass is 35.5. The molecule has 0 unspecified atom stereocenters. The third kappa shape index (κ3) is 2.71. The van der Waals surface area contributed by atoms with E-state index in [0.29, 0.717) is 22.8 Å². The molecular formula is C14H7ClF3N5. The second kappa shape index (κ2) is 5.21. The predicted molar refractivity (Wildman–Crippen MR) is 76.1 cm³/mol. The van der Waals surface area contributed by atoms with Gasteiger partial charge in [0.05, 0.1) is 16.1 Å². The molecule has 3 rings (SSSR count). The van der Waals surface area contributed by atoms with Crippen molar-refractivity contribution < 1.29 is 13.2 Å². The summed E-state index contributed by atoms with van der Waals surface area (Å²) in [4.78, 5) is 7.82. The smallest absolute Gasteiger partial charge is 0.242 e. The normalized spacial score (nSPS) is 11.7. The zero-order valence-corrected chi connectivity index (χ0v) is 12.3. The van der Waals surface area contributed by atoms with Crippen LogP contribution in [0.1, 0.15) is 17.0 Å². The van der Waals surface area contributed by atoms with E-state index in [0.717, 1.165) is 6.07 Å². The molecule has 0 saturated carbocycles. The van der Waals surface area contributed by atoms with Crippen LogP contribution in [0.2, 0.25) is 5.02 Å². The first-order valence-corrected chi connectivity index (χ1v) is 6.67. The molecule has 0 bridgehead atoms. The molecule has 0 saturated heterocycles. The zero-order valence-electron chi connectivity index (χ0n) is 11.6. The number of pyridine rings is 2. The van der Waals surface area contributed by atoms with Gasteiger partial charge < -0.3 is 0 Å². The van der Waals surface area contributed by atoms with E-state index >= 15 is 0 Å². The lowest BCUT2D eigenvalue weighted by Crippen LogP contribution is -2.07. The number of rotatable bonds is 1. The molecule has 0 spiro atoms. The van der Waals surface area contributed by atoms with Crippen molar-refractivity contribution in [3.63, 3.8) is 0 Å². The Morgan fingerprint density at radius 2 is 2.04 bits per heavy atom. The number of hydrogen-bond acceptors (Lipinski definition) is 4. The van der Waals surface area contributed by atoms with E-state index in [2.05, 4.69) is 15.1 Å². The SMILES string of the molecule is Cc1nc(C#N)cc2nn(-c3ncc(C(F)(F)F)cc3Cl)cc12. The highest BCUT2D eigenvalue weighted by molar-refractivity contribution is 6.32. The van der Waals surface area contributed by atoms with Crippen molar-refractivity contribution in [2.24, 2.45) is 0 Å². The number of fused-ring (bicyclic) bond motifs is 1. The van der Waals surface area contributed by atoms with E-state index in [1.807, 2.05) is 6.07 Å². The number of nitriles is 1. The molecule has 0 radical (unpaired) electrons. The maximum atomic E-state index is 12.6. The van der Waals surface area contributed by atoms with Gasteiger partial charge in [0.25, 0.3) is 0 Å². The molecular weight excluding hydrogens is 331 g/mol. The molecule has 0 aliphatic carbocycles. The van der Waals surface area contributed by atoms with Crippen molar-refractivity contribution in [3.8, 4) is 11.9 Å². The summed E-state index contributed by atoms with van der Waals surface area (Å²) in [5.41, 5.74) is 0.319. The zero-order chi connectivity index (χ0) is 16.8. The summed E-state index contributed by atoms with van der Waals surface area (Å²) in [5, 5.41) is 13.6. The van der Waals surface area contributed by atoms with Crippen LogP contribution in [0.3, 0.4) is 0 Å². The summed E-state index contributed by atoms with van der Waals surface area (Å²) in [7, 11) is 0. The minimum Gasteiger partial charge on any atom is -0.242 e. The molecule has 3 heterocycles. The third-order valence-corrected chi connectivity index (χ3v) is 3.45. The van der Waals surface area contributed by atoms with Crippen LogP contribution in [-0.4, -0.2) is 19.7 Å². The fourth-order valence-corrected chi connectivity index (χ4v) is 2.35. The summed E-state index contributed by atoms with van der Waals surface area (Å²) < 4.78 is 39.2. The fraction of sp³-hybridized carbons (Fsp3) is 0.143. The Bertz CT molecular complexity index is 955. The Morgan fingerprint density at radius 1 is 1.30 bits per heavy atom. The lowest BCUT2D eigenvalue weighted by molar-refractivity contribution is -0.137. The van der Waals surface area contributed by atoms with Crippen molar-refractivity contribution in [2.75, 3.05) is 0 Å². The lowest BCUT2D eigenvalue weighted by Gasteiger charge is -2.08. The largest absolute Gasteiger partial charge is 0.417 e. The van der Waals surface area contributed by atoms with Crippen molar-refractivity contribution in [2.45, 2.75) is 13.1 Å². The van der Waals surface area contributed by atoms with Gasteiger partial charge in [-0.05, 0) is 13.0 Å². The van der Waals surface area contributed by atoms with E-state index in [9.17, 15) is 13.2 Å². The molecule has 3 aromatic rings. The van der Waals surface area contributed by atoms with Gasteiger partial charge in [0.15, 0.2) is 5.82 Å². The Kier molecular flexibility index (Phi) is 3.45. The number of alkyl halides is 3. The molecule has 9 heteroatoms. The van der Waals surface area contributed by atoms with Crippen LogP contribution in [0.5, 0.6) is 0 Å². The number of hydrogen-bond donors (Lipinski definition) is 0. The molecule has 5 nitrogen and oxygen atoms in total. The summed E-state index contributed by atoms with van der Waals surface area (Å²) in [6, 6.07) is 4.19. The molecule has 0 aliphatic rings. The molecule has 0 atom stereocenters. The van der Waals surface area contributed by atoms with Crippen molar-refractivity contribution in [1.82, 2.24) is 19.7 Å². The highest BCUT2D eigenvalue weighted by Crippen LogP contribution is 2.32. The molecule has 23 heavy (non-hydrogen) atoms. The van der Waals surface area contributed by atoms with Gasteiger partial charge in [-0.3, -0.25) is 0 Å². The summed E-state index contributed by atoms with van der Waals surface area (Å²) in [6.07, 6.45) is -2.27. The summed E-state index contributed by atoms with van der Waals surface area (Å²) >= 11 is 5.90. The molecule has 0 aliphatic heterocycles. The van der Waals surface area contributed by atoms with Crippen LogP contribution in [-0.2, 0) is 6.18 Å². The predicted octanol–water partition coefficient (Wildman–Crippen LogP) is 3.67. The van der Waals surface area contributed by atoms with E-state index in [-0.39, 0.29) is 16.5 Å². The van der Waals surface area contributed by atoms with Gasteiger partial charge in [0, 0.05) is 29.5 Å². The second-order valence-corrected chi connectivity index (χ2v) is 5.15. The summed E-state index contributed by atoms with van der Waals surface area (Å²) in [5.74, 6) is 0.0637. The van der Waals surface area contributed by atoms with E-state index in [1.165, 1.54) is 10.7 Å². The maximum Gasteiger partial charge on any atom is 0.417 e. The average molecular weight is 338 g/mol. The van der Waals surface area contributed by atoms with Gasteiger partial charge in [0.2, 0.25) is 0 Å². The van der Waals surface area contributed by atoms with Crippen LogP contribution in [0.4, 0.5) is 13.2 Å². The highest BCUT2D eigenvalue weighted by Gasteiger charge is 2.31. The first-order chi connectivity index (χ1) is 10.8. The average Bonchev–Trinajstić information content (AvgIpc) is 2.90. The van der Waals surface area contributed by atoms with Crippen molar-refractivity contribution >= 4 is 22.5 Å². The molecule has 0 fully saturated rings. The van der Waals surface area contributed by atoms with Gasteiger partial charge in [-0.1, -0.05) is 11.6 Å². The van der Waals surface area contributed by atoms with Gasteiger partial charge in [-0.2, -0.15) is 23.5 Å². The minimum absolute atomic E-state index is 0.0637. The second-order valence-electron chi connectivity index (χ2n) is 4.74. The standard InChI is InChI=1S/C14H7ClF3N5/c1-7-10-6-23(22-12(10)3-9(4-19)21-7)13-11(15)2-8(5-20-13)14(16,17)18/h2-3,5-6H,1H3. The van der Waals surface area contributed by atoms with Crippen LogP contribution in [0.25, 0.3) is 16.7 Å². The van der Waals surface area contributed by atoms with Gasteiger partial charge in [0.1, 0.15) is 11.8 Å². The monoisotopic (exact) mass is 337 g/mol. The summed E-state index contributed by atoms with van der Waals surface area (Å²) in [6.45, 7) is 1.71. The van der Waals surface area contributed by atoms with E-state index in [4.69, 9.17) is 16.9 Å². The Hall–Kier alpha value is -2.66. The van der Waals surface area contributed by atoms with Crippen molar-refractivity contribution in [3.05, 3.63) is 46.5 Å². The van der Waals surface area contributed by atoms with Gasteiger partial charge in [-0.25, -0.2) is 14.6 Å². The minimum atomic E-state index is -4.52. The van der Waals surface area contributed by atoms with Crippen LogP contribution in [0, 0.1) is 18.3 Å². The first-order valence-electron chi connectivity index (χ1n) is 6.30. The Labute approximate surface area is 133 Å². The number of aromatic nitrogens is 4. The van der Waals surface area contributed by atoms with Crippen LogP contribution < -0.4 is 0 Å². The quantitative estimate of drug-likeness (QED) is 0.679. The molecule has 0 amide bonds. The van der Waals surface area contributed by atoms with E-state index in [1.54, 1.807) is 13.1 Å². The van der Waals surface area contributed by atoms with Crippen LogP contribution >= 0.6 is 11.6 Å². The van der Waals surface area contributed by atoms with Crippen molar-refractivity contribution in [1.29, 1.82) is 5.26 Å². The van der Waals surface area contributed by atoms with Gasteiger partial charge in [-0.15, -0.1) is 0 Å². The fourth-order valence-electron chi connectivity index (χ4n) is 2.10. The molecule has 0 aromatic carbocycles. The maximum absolute atomic E-state index is 12.6. The Balaban J connectivity index is 2.14. The molecule has 0 N–H and O–H groups in total. The third-order valence-electron chi connectivity index (χ3n) is 3.17. The molecule has 3 aromatic heterocycles. The molecule has 116 valence electrons. The first kappa shape index (κ1) is 15.2. The van der Waals surface area contributed by atoms with Gasteiger partial charge >= 0.3 is 6.18 Å². The van der Waals surface area contributed by atoms with Crippen LogP contribution in [0.15, 0.2) is 24.5 Å². The van der Waals surface area contributed by atoms with E-state index < -0.39 is 11.7 Å². The lowest BCUT2D eigenvalue weighted by atomic mass is 10.2. The topological polar surface area (TPSA) is 67.4 Å². The Morgan fingerprint density at radius 3 is 2.65 bits per heavy atom. The number of nitrogens with zero attached hydrogens (tertiary/aromatic N) is 5.